The molecule has 0 bridgehead atoms. The second-order valence-electron chi connectivity index (χ2n) is 4.11. The molecule has 0 saturated heterocycles. The lowest BCUT2D eigenvalue weighted by atomic mass is 9.95. The van der Waals surface area contributed by atoms with Crippen LogP contribution < -0.4 is 11.1 Å². The van der Waals surface area contributed by atoms with Crippen molar-refractivity contribution in [1.82, 2.24) is 9.55 Å². The Morgan fingerprint density at radius 3 is 2.80 bits per heavy atom. The van der Waals surface area contributed by atoms with Gasteiger partial charge in [0.2, 0.25) is 5.95 Å². The summed E-state index contributed by atoms with van der Waals surface area (Å²) in [5, 5.41) is 3.48. The Morgan fingerprint density at radius 2 is 2.27 bits per heavy atom. The van der Waals surface area contributed by atoms with Gasteiger partial charge in [0.25, 0.3) is 0 Å². The summed E-state index contributed by atoms with van der Waals surface area (Å²) >= 11 is 0. The Balaban J connectivity index is 2.74. The third-order valence-electron chi connectivity index (χ3n) is 2.95. The van der Waals surface area contributed by atoms with Crippen molar-refractivity contribution in [1.29, 1.82) is 0 Å². The summed E-state index contributed by atoms with van der Waals surface area (Å²) in [4.78, 5) is 4.31. The molecule has 1 atom stereocenters. The van der Waals surface area contributed by atoms with E-state index in [-0.39, 0.29) is 5.54 Å². The lowest BCUT2D eigenvalue weighted by Crippen LogP contribution is -2.37. The second kappa shape index (κ2) is 5.16. The first-order valence-corrected chi connectivity index (χ1v) is 5.64. The number of anilines is 1. The quantitative estimate of drug-likeness (QED) is 0.753. The highest BCUT2D eigenvalue weighted by atomic mass is 15.2. The number of nitrogens with zero attached hydrogens (tertiary/aromatic N) is 2. The number of aromatic nitrogens is 2. The first-order valence-electron chi connectivity index (χ1n) is 5.64. The third-order valence-corrected chi connectivity index (χ3v) is 2.95. The lowest BCUT2D eigenvalue weighted by molar-refractivity contribution is 0.457. The highest BCUT2D eigenvalue weighted by molar-refractivity contribution is 5.30. The highest BCUT2D eigenvalue weighted by Gasteiger charge is 2.22. The molecule has 0 radical (unpaired) electrons. The largest absolute Gasteiger partial charge is 0.350 e. The van der Waals surface area contributed by atoms with Crippen LogP contribution in [0, 0.1) is 0 Å². The van der Waals surface area contributed by atoms with Crippen molar-refractivity contribution in [3.05, 3.63) is 12.4 Å². The van der Waals surface area contributed by atoms with Gasteiger partial charge in [0, 0.05) is 24.5 Å². The number of aryl methyl sites for hydroxylation is 1. The molecule has 1 rings (SSSR count). The van der Waals surface area contributed by atoms with Gasteiger partial charge in [-0.25, -0.2) is 4.98 Å². The van der Waals surface area contributed by atoms with E-state index in [4.69, 9.17) is 5.73 Å². The van der Waals surface area contributed by atoms with Crippen LogP contribution in [0.2, 0.25) is 0 Å². The van der Waals surface area contributed by atoms with Gasteiger partial charge in [0.05, 0.1) is 0 Å². The Kier molecular flexibility index (Phi) is 4.15. The van der Waals surface area contributed by atoms with E-state index in [0.29, 0.717) is 6.54 Å². The fraction of sp³-hybridized carbons (Fsp3) is 0.727. The van der Waals surface area contributed by atoms with E-state index in [1.54, 1.807) is 0 Å². The molecule has 4 nitrogen and oxygen atoms in total. The monoisotopic (exact) mass is 210 g/mol. The van der Waals surface area contributed by atoms with Crippen LogP contribution in [0.15, 0.2) is 12.4 Å². The minimum Gasteiger partial charge on any atom is -0.350 e. The fourth-order valence-electron chi connectivity index (χ4n) is 1.60. The van der Waals surface area contributed by atoms with Crippen molar-refractivity contribution in [2.45, 2.75) is 45.7 Å². The summed E-state index contributed by atoms with van der Waals surface area (Å²) in [6.45, 7) is 8.10. The van der Waals surface area contributed by atoms with Crippen LogP contribution in [0.25, 0.3) is 0 Å². The summed E-state index contributed by atoms with van der Waals surface area (Å²) in [5.41, 5.74) is 5.67. The molecular weight excluding hydrogens is 188 g/mol. The summed E-state index contributed by atoms with van der Waals surface area (Å²) in [6.07, 6.45) is 5.81. The molecule has 0 spiro atoms. The van der Waals surface area contributed by atoms with E-state index in [1.807, 2.05) is 12.4 Å². The van der Waals surface area contributed by atoms with E-state index in [0.717, 1.165) is 25.3 Å². The maximum Gasteiger partial charge on any atom is 0.203 e. The Bertz CT molecular complexity index is 295. The molecule has 1 aromatic heterocycles. The molecule has 0 fully saturated rings. The predicted molar refractivity (Wildman–Crippen MR) is 63.9 cm³/mol. The number of nitrogens with one attached hydrogen (secondary N) is 1. The molecule has 0 aliphatic carbocycles. The van der Waals surface area contributed by atoms with Crippen molar-refractivity contribution in [3.63, 3.8) is 0 Å². The van der Waals surface area contributed by atoms with Crippen molar-refractivity contribution in [2.75, 3.05) is 11.9 Å². The summed E-state index contributed by atoms with van der Waals surface area (Å²) in [6, 6.07) is 0. The van der Waals surface area contributed by atoms with Gasteiger partial charge >= 0.3 is 0 Å². The zero-order valence-corrected chi connectivity index (χ0v) is 9.95. The fourth-order valence-corrected chi connectivity index (χ4v) is 1.60. The van der Waals surface area contributed by atoms with Crippen molar-refractivity contribution in [2.24, 2.45) is 5.73 Å². The molecule has 86 valence electrons. The van der Waals surface area contributed by atoms with Crippen LogP contribution in [0.5, 0.6) is 0 Å². The van der Waals surface area contributed by atoms with Crippen molar-refractivity contribution in [3.8, 4) is 0 Å². The highest BCUT2D eigenvalue weighted by Crippen LogP contribution is 2.20. The smallest absolute Gasteiger partial charge is 0.203 e. The third kappa shape index (κ3) is 2.96. The molecule has 4 heteroatoms. The van der Waals surface area contributed by atoms with Crippen LogP contribution >= 0.6 is 0 Å². The van der Waals surface area contributed by atoms with Crippen LogP contribution in [0.4, 0.5) is 5.95 Å². The average Bonchev–Trinajstić information content (AvgIpc) is 2.65. The van der Waals surface area contributed by atoms with Gasteiger partial charge in [0.15, 0.2) is 0 Å². The summed E-state index contributed by atoms with van der Waals surface area (Å²) in [7, 11) is 0. The molecule has 0 aromatic carbocycles. The van der Waals surface area contributed by atoms with Gasteiger partial charge in [0.1, 0.15) is 0 Å². The van der Waals surface area contributed by atoms with Gasteiger partial charge in [-0.2, -0.15) is 0 Å². The van der Waals surface area contributed by atoms with E-state index in [2.05, 4.69) is 35.6 Å². The molecule has 0 aliphatic heterocycles. The lowest BCUT2D eigenvalue weighted by Gasteiger charge is -2.30. The average molecular weight is 210 g/mol. The van der Waals surface area contributed by atoms with Crippen molar-refractivity contribution < 1.29 is 0 Å². The number of rotatable bonds is 6. The maximum absolute atomic E-state index is 5.62. The topological polar surface area (TPSA) is 55.9 Å². The normalized spacial score (nSPS) is 14.9. The number of hydrogen-bond donors (Lipinski definition) is 2. The molecule has 1 aromatic rings. The molecule has 0 amide bonds. The molecule has 3 N–H and O–H groups in total. The molecule has 1 unspecified atom stereocenters. The predicted octanol–water partition coefficient (Wildman–Crippen LogP) is 1.83. The molecular formula is C11H22N4. The second-order valence-corrected chi connectivity index (χ2v) is 4.11. The summed E-state index contributed by atoms with van der Waals surface area (Å²) in [5.74, 6) is 0.940. The van der Waals surface area contributed by atoms with Gasteiger partial charge in [-0.15, -0.1) is 0 Å². The van der Waals surface area contributed by atoms with Crippen molar-refractivity contribution >= 4 is 5.95 Å². The summed E-state index contributed by atoms with van der Waals surface area (Å²) < 4.78 is 2.10. The number of imidazole rings is 1. The van der Waals surface area contributed by atoms with Gasteiger partial charge in [-0.3, -0.25) is 0 Å². The minimum absolute atomic E-state index is 0.0486. The number of hydrogen-bond acceptors (Lipinski definition) is 3. The Morgan fingerprint density at radius 1 is 1.53 bits per heavy atom. The van der Waals surface area contributed by atoms with Crippen LogP contribution in [-0.4, -0.2) is 21.6 Å². The molecule has 1 heterocycles. The molecule has 0 aliphatic rings. The SMILES string of the molecule is CCn1ccnc1NC(C)(CC)CCN. The first-order chi connectivity index (χ1) is 7.15. The van der Waals surface area contributed by atoms with E-state index < -0.39 is 0 Å². The standard InChI is InChI=1S/C11H22N4/c1-4-11(3,6-7-12)14-10-13-8-9-15(10)5-2/h8-9H,4-7,12H2,1-3H3,(H,13,14). The van der Waals surface area contributed by atoms with E-state index in [9.17, 15) is 0 Å². The molecule has 15 heavy (non-hydrogen) atoms. The maximum atomic E-state index is 5.62. The zero-order valence-electron chi connectivity index (χ0n) is 9.95. The van der Waals surface area contributed by atoms with Crippen LogP contribution in [0.1, 0.15) is 33.6 Å². The molecule has 0 saturated carbocycles. The zero-order chi connectivity index (χ0) is 11.3. The number of nitrogens with two attached hydrogens (primary N) is 1. The first kappa shape index (κ1) is 12.0. The van der Waals surface area contributed by atoms with Crippen LogP contribution in [0.3, 0.4) is 0 Å². The Hall–Kier alpha value is -1.03. The van der Waals surface area contributed by atoms with E-state index >= 15 is 0 Å². The van der Waals surface area contributed by atoms with Crippen LogP contribution in [-0.2, 0) is 6.54 Å². The van der Waals surface area contributed by atoms with Gasteiger partial charge in [-0.1, -0.05) is 6.92 Å². The minimum atomic E-state index is 0.0486. The van der Waals surface area contributed by atoms with E-state index in [1.165, 1.54) is 0 Å². The van der Waals surface area contributed by atoms with Gasteiger partial charge < -0.3 is 15.6 Å². The Labute approximate surface area is 91.9 Å². The van der Waals surface area contributed by atoms with Gasteiger partial charge in [-0.05, 0) is 33.2 Å².